The van der Waals surface area contributed by atoms with Gasteiger partial charge in [0, 0.05) is 11.8 Å². The first-order valence-electron chi connectivity index (χ1n) is 3.60. The van der Waals surface area contributed by atoms with Gasteiger partial charge in [-0.15, -0.1) is 11.6 Å². The van der Waals surface area contributed by atoms with Gasteiger partial charge in [-0.3, -0.25) is 0 Å². The summed E-state index contributed by atoms with van der Waals surface area (Å²) in [6.45, 7) is 0.119. The van der Waals surface area contributed by atoms with Crippen LogP contribution < -0.4 is 0 Å². The maximum absolute atomic E-state index is 8.90. The molecule has 1 rings (SSSR count). The first kappa shape index (κ1) is 8.57. The van der Waals surface area contributed by atoms with Crippen LogP contribution >= 0.6 is 11.6 Å². The number of aliphatic hydroxyl groups excluding tert-OH is 1. The van der Waals surface area contributed by atoms with E-state index in [1.165, 1.54) is 0 Å². The predicted molar refractivity (Wildman–Crippen MR) is 47.0 cm³/mol. The second-order valence-corrected chi connectivity index (χ2v) is 2.75. The molecule has 0 aromatic heterocycles. The summed E-state index contributed by atoms with van der Waals surface area (Å²) in [7, 11) is 0. The molecule has 60 valence electrons. The average molecular weight is 171 g/mol. The largest absolute Gasteiger partial charge is 0.396 e. The molecular weight excluding hydrogens is 160 g/mol. The summed E-state index contributed by atoms with van der Waals surface area (Å²) in [5.74, 6) is 0.554. The van der Waals surface area contributed by atoms with Crippen molar-refractivity contribution in [1.82, 2.24) is 0 Å². The molecule has 0 bridgehead atoms. The normalized spacial score (nSPS) is 12.9. The summed E-state index contributed by atoms with van der Waals surface area (Å²) < 4.78 is 0. The number of benzene rings is 1. The number of alkyl halides is 1. The van der Waals surface area contributed by atoms with Crippen LogP contribution in [0.4, 0.5) is 0 Å². The van der Waals surface area contributed by atoms with E-state index in [9.17, 15) is 0 Å². The van der Waals surface area contributed by atoms with Gasteiger partial charge >= 0.3 is 0 Å². The van der Waals surface area contributed by atoms with Crippen LogP contribution in [0.1, 0.15) is 11.5 Å². The Balaban J connectivity index is 2.74. The SMILES string of the molecule is OC[C@H](CCl)c1ccccc1. The van der Waals surface area contributed by atoms with E-state index in [1.807, 2.05) is 30.3 Å². The Bertz CT molecular complexity index is 194. The molecule has 0 saturated heterocycles. The van der Waals surface area contributed by atoms with E-state index < -0.39 is 0 Å². The van der Waals surface area contributed by atoms with Gasteiger partial charge in [-0.25, -0.2) is 0 Å². The van der Waals surface area contributed by atoms with Gasteiger partial charge in [-0.2, -0.15) is 0 Å². The Hall–Kier alpha value is -0.530. The quantitative estimate of drug-likeness (QED) is 0.689. The lowest BCUT2D eigenvalue weighted by atomic mass is 10.0. The lowest BCUT2D eigenvalue weighted by Gasteiger charge is -2.09. The number of hydrogen-bond donors (Lipinski definition) is 1. The highest BCUT2D eigenvalue weighted by molar-refractivity contribution is 6.18. The van der Waals surface area contributed by atoms with Gasteiger partial charge in [0.05, 0.1) is 6.61 Å². The molecule has 0 fully saturated rings. The first-order chi connectivity index (χ1) is 5.38. The summed E-state index contributed by atoms with van der Waals surface area (Å²) in [6, 6.07) is 9.80. The Labute approximate surface area is 71.6 Å². The van der Waals surface area contributed by atoms with E-state index >= 15 is 0 Å². The molecule has 0 aliphatic carbocycles. The van der Waals surface area contributed by atoms with Crippen molar-refractivity contribution >= 4 is 11.6 Å². The molecule has 1 aromatic rings. The Morgan fingerprint density at radius 1 is 1.27 bits per heavy atom. The van der Waals surface area contributed by atoms with Gasteiger partial charge in [0.25, 0.3) is 0 Å². The molecule has 0 aliphatic rings. The summed E-state index contributed by atoms with van der Waals surface area (Å²) in [5.41, 5.74) is 1.10. The van der Waals surface area contributed by atoms with Crippen molar-refractivity contribution in [3.8, 4) is 0 Å². The maximum atomic E-state index is 8.90. The molecule has 1 nitrogen and oxygen atoms in total. The van der Waals surface area contributed by atoms with Crippen LogP contribution in [0.25, 0.3) is 0 Å². The van der Waals surface area contributed by atoms with Gasteiger partial charge in [-0.05, 0) is 5.56 Å². The molecule has 0 unspecified atom stereocenters. The predicted octanol–water partition coefficient (Wildman–Crippen LogP) is 2.00. The third-order valence-electron chi connectivity index (χ3n) is 1.68. The number of hydrogen-bond acceptors (Lipinski definition) is 1. The van der Waals surface area contributed by atoms with Crippen LogP contribution in [0.2, 0.25) is 0 Å². The Morgan fingerprint density at radius 3 is 2.36 bits per heavy atom. The Kier molecular flexibility index (Phi) is 3.40. The molecular formula is C9H11ClO. The smallest absolute Gasteiger partial charge is 0.0511 e. The molecule has 1 atom stereocenters. The number of halogens is 1. The Morgan fingerprint density at radius 2 is 1.91 bits per heavy atom. The van der Waals surface area contributed by atoms with Crippen LogP contribution in [0, 0.1) is 0 Å². The monoisotopic (exact) mass is 170 g/mol. The minimum atomic E-state index is 0.0814. The zero-order valence-corrected chi connectivity index (χ0v) is 6.96. The average Bonchev–Trinajstić information content (AvgIpc) is 2.09. The fourth-order valence-electron chi connectivity index (χ4n) is 0.968. The zero-order valence-electron chi connectivity index (χ0n) is 6.20. The number of rotatable bonds is 3. The van der Waals surface area contributed by atoms with Crippen molar-refractivity contribution in [3.05, 3.63) is 35.9 Å². The standard InChI is InChI=1S/C9H11ClO/c10-6-9(7-11)8-4-2-1-3-5-8/h1-5,9,11H,6-7H2/t9-/m0/s1. The highest BCUT2D eigenvalue weighted by Crippen LogP contribution is 2.15. The summed E-state index contributed by atoms with van der Waals surface area (Å²) >= 11 is 5.64. The van der Waals surface area contributed by atoms with Gasteiger partial charge in [0.15, 0.2) is 0 Å². The van der Waals surface area contributed by atoms with E-state index in [4.69, 9.17) is 16.7 Å². The molecule has 0 radical (unpaired) electrons. The van der Waals surface area contributed by atoms with Crippen molar-refractivity contribution in [2.45, 2.75) is 5.92 Å². The highest BCUT2D eigenvalue weighted by atomic mass is 35.5. The molecule has 1 N–H and O–H groups in total. The molecule has 11 heavy (non-hydrogen) atoms. The first-order valence-corrected chi connectivity index (χ1v) is 4.13. The van der Waals surface area contributed by atoms with Gasteiger partial charge in [0.1, 0.15) is 0 Å². The lowest BCUT2D eigenvalue weighted by Crippen LogP contribution is -2.04. The fourth-order valence-corrected chi connectivity index (χ4v) is 1.24. The van der Waals surface area contributed by atoms with Crippen molar-refractivity contribution in [2.75, 3.05) is 12.5 Å². The molecule has 0 saturated carbocycles. The van der Waals surface area contributed by atoms with Crippen LogP contribution in [0.15, 0.2) is 30.3 Å². The van der Waals surface area contributed by atoms with Gasteiger partial charge in [-0.1, -0.05) is 30.3 Å². The van der Waals surface area contributed by atoms with Crippen LogP contribution in [0.3, 0.4) is 0 Å². The van der Waals surface area contributed by atoms with Crippen molar-refractivity contribution in [1.29, 1.82) is 0 Å². The molecule has 0 spiro atoms. The molecule has 2 heteroatoms. The molecule has 1 aromatic carbocycles. The third kappa shape index (κ3) is 2.21. The molecule has 0 aliphatic heterocycles. The van der Waals surface area contributed by atoms with E-state index in [2.05, 4.69) is 0 Å². The summed E-state index contributed by atoms with van der Waals surface area (Å²) in [5, 5.41) is 8.90. The van der Waals surface area contributed by atoms with Crippen LogP contribution in [-0.2, 0) is 0 Å². The van der Waals surface area contributed by atoms with E-state index in [1.54, 1.807) is 0 Å². The van der Waals surface area contributed by atoms with Crippen molar-refractivity contribution in [3.63, 3.8) is 0 Å². The topological polar surface area (TPSA) is 20.2 Å². The van der Waals surface area contributed by atoms with Gasteiger partial charge < -0.3 is 5.11 Å². The second kappa shape index (κ2) is 4.37. The minimum absolute atomic E-state index is 0.0814. The maximum Gasteiger partial charge on any atom is 0.0511 e. The summed E-state index contributed by atoms with van der Waals surface area (Å²) in [4.78, 5) is 0. The third-order valence-corrected chi connectivity index (χ3v) is 2.05. The number of aliphatic hydroxyl groups is 1. The highest BCUT2D eigenvalue weighted by Gasteiger charge is 2.06. The zero-order chi connectivity index (χ0) is 8.10. The van der Waals surface area contributed by atoms with Crippen molar-refractivity contribution in [2.24, 2.45) is 0 Å². The minimum Gasteiger partial charge on any atom is -0.396 e. The fraction of sp³-hybridized carbons (Fsp3) is 0.333. The molecule has 0 amide bonds. The summed E-state index contributed by atoms with van der Waals surface area (Å²) in [6.07, 6.45) is 0. The lowest BCUT2D eigenvalue weighted by molar-refractivity contribution is 0.274. The van der Waals surface area contributed by atoms with Crippen molar-refractivity contribution < 1.29 is 5.11 Å². The molecule has 0 heterocycles. The van der Waals surface area contributed by atoms with E-state index in [0.717, 1.165) is 5.56 Å². The van der Waals surface area contributed by atoms with Crippen LogP contribution in [0.5, 0.6) is 0 Å². The van der Waals surface area contributed by atoms with Crippen LogP contribution in [-0.4, -0.2) is 17.6 Å². The van der Waals surface area contributed by atoms with E-state index in [0.29, 0.717) is 5.88 Å². The second-order valence-electron chi connectivity index (χ2n) is 2.44. The van der Waals surface area contributed by atoms with E-state index in [-0.39, 0.29) is 12.5 Å². The van der Waals surface area contributed by atoms with Gasteiger partial charge in [0.2, 0.25) is 0 Å².